The third-order valence-electron chi connectivity index (χ3n) is 6.22. The molecule has 1 aromatic carbocycles. The summed E-state index contributed by atoms with van der Waals surface area (Å²) in [5.41, 5.74) is 4.23. The van der Waals surface area contributed by atoms with Crippen LogP contribution in [0.15, 0.2) is 67.4 Å². The first-order valence-electron chi connectivity index (χ1n) is 11.4. The van der Waals surface area contributed by atoms with E-state index in [1.165, 1.54) is 0 Å². The zero-order valence-corrected chi connectivity index (χ0v) is 19.0. The summed E-state index contributed by atoms with van der Waals surface area (Å²) >= 11 is 0. The molecule has 4 aromatic rings. The highest BCUT2D eigenvalue weighted by Crippen LogP contribution is 2.28. The fraction of sp³-hybridized carbons (Fsp3) is 0.269. The molecule has 1 saturated heterocycles. The van der Waals surface area contributed by atoms with Gasteiger partial charge in [0.15, 0.2) is 5.82 Å². The summed E-state index contributed by atoms with van der Waals surface area (Å²) in [5, 5.41) is 0. The Balaban J connectivity index is 1.24. The maximum Gasteiger partial charge on any atom is 0.253 e. The number of nitrogens with one attached hydrogen (secondary N) is 1. The van der Waals surface area contributed by atoms with Gasteiger partial charge >= 0.3 is 0 Å². The van der Waals surface area contributed by atoms with Crippen molar-refractivity contribution in [3.8, 4) is 17.3 Å². The maximum absolute atomic E-state index is 13.2. The zero-order chi connectivity index (χ0) is 23.3. The molecule has 5 rings (SSSR count). The van der Waals surface area contributed by atoms with Crippen molar-refractivity contribution in [2.24, 2.45) is 0 Å². The Hall–Kier alpha value is -4.07. The van der Waals surface area contributed by atoms with E-state index in [1.54, 1.807) is 38.0 Å². The number of pyridine rings is 1. The van der Waals surface area contributed by atoms with Gasteiger partial charge in [-0.25, -0.2) is 9.97 Å². The monoisotopic (exact) mass is 454 g/mol. The first kappa shape index (κ1) is 21.8. The van der Waals surface area contributed by atoms with Gasteiger partial charge in [0, 0.05) is 67.0 Å². The van der Waals surface area contributed by atoms with Crippen LogP contribution in [-0.4, -0.2) is 55.9 Å². The Morgan fingerprint density at radius 2 is 1.97 bits per heavy atom. The van der Waals surface area contributed by atoms with Crippen molar-refractivity contribution in [2.45, 2.75) is 25.2 Å². The minimum Gasteiger partial charge on any atom is -0.496 e. The van der Waals surface area contributed by atoms with Gasteiger partial charge in [0.05, 0.1) is 19.0 Å². The second kappa shape index (κ2) is 9.82. The van der Waals surface area contributed by atoms with Crippen molar-refractivity contribution in [3.05, 3.63) is 89.9 Å². The molecule has 0 atom stereocenters. The molecule has 1 N–H and O–H groups in total. The molecule has 1 aliphatic heterocycles. The maximum atomic E-state index is 13.2. The molecule has 0 spiro atoms. The molecule has 1 amide bonds. The highest BCUT2D eigenvalue weighted by molar-refractivity contribution is 5.94. The number of imidazole rings is 1. The van der Waals surface area contributed by atoms with Crippen LogP contribution >= 0.6 is 0 Å². The van der Waals surface area contributed by atoms with Crippen molar-refractivity contribution < 1.29 is 9.53 Å². The van der Waals surface area contributed by atoms with Crippen LogP contribution in [0.5, 0.6) is 5.75 Å². The lowest BCUT2D eigenvalue weighted by molar-refractivity contribution is 0.0712. The number of aromatic nitrogens is 5. The van der Waals surface area contributed by atoms with Crippen LogP contribution < -0.4 is 4.74 Å². The van der Waals surface area contributed by atoms with E-state index in [0.717, 1.165) is 41.2 Å². The van der Waals surface area contributed by atoms with Crippen LogP contribution in [0.25, 0.3) is 11.5 Å². The molecule has 34 heavy (non-hydrogen) atoms. The van der Waals surface area contributed by atoms with Crippen LogP contribution in [0.2, 0.25) is 0 Å². The number of amides is 1. The van der Waals surface area contributed by atoms with Gasteiger partial charge in [0.1, 0.15) is 11.4 Å². The average molecular weight is 455 g/mol. The summed E-state index contributed by atoms with van der Waals surface area (Å²) in [5.74, 6) is 1.84. The predicted octanol–water partition coefficient (Wildman–Crippen LogP) is 3.88. The number of nitrogens with zero attached hydrogens (tertiary/aromatic N) is 5. The predicted molar refractivity (Wildman–Crippen MR) is 128 cm³/mol. The number of piperidine rings is 1. The lowest BCUT2D eigenvalue weighted by Crippen LogP contribution is -2.38. The van der Waals surface area contributed by atoms with E-state index < -0.39 is 0 Å². The van der Waals surface area contributed by atoms with Gasteiger partial charge in [-0.15, -0.1) is 0 Å². The van der Waals surface area contributed by atoms with E-state index >= 15 is 0 Å². The summed E-state index contributed by atoms with van der Waals surface area (Å²) < 4.78 is 5.45. The fourth-order valence-electron chi connectivity index (χ4n) is 4.41. The van der Waals surface area contributed by atoms with Crippen LogP contribution in [0, 0.1) is 0 Å². The standard InChI is InChI=1S/C26H26N6O2/c1-34-24-5-3-2-4-19(24)14-21-15-20(6-9-28-21)26(33)32-12-7-18(8-13-32)22-16-27-17-23(31-22)25-29-10-11-30-25/h2-6,9-11,15-18H,7-8,12-14H2,1H3,(H,29,30). The first-order chi connectivity index (χ1) is 16.7. The molecule has 1 aliphatic rings. The SMILES string of the molecule is COc1ccccc1Cc1cc(C(=O)N2CCC(c3cncc(-c4ncc[nH]4)n3)CC2)ccn1. The highest BCUT2D eigenvalue weighted by Gasteiger charge is 2.26. The second-order valence-electron chi connectivity index (χ2n) is 8.36. The van der Waals surface area contributed by atoms with Gasteiger partial charge in [-0.3, -0.25) is 14.8 Å². The van der Waals surface area contributed by atoms with Crippen molar-refractivity contribution in [1.29, 1.82) is 0 Å². The van der Waals surface area contributed by atoms with E-state index in [1.807, 2.05) is 41.4 Å². The average Bonchev–Trinajstić information content (AvgIpc) is 3.44. The normalized spacial score (nSPS) is 14.2. The van der Waals surface area contributed by atoms with Gasteiger partial charge in [-0.1, -0.05) is 18.2 Å². The summed E-state index contributed by atoms with van der Waals surface area (Å²) in [6.45, 7) is 1.36. The number of hydrogen-bond donors (Lipinski definition) is 1. The Bertz CT molecular complexity index is 1270. The molecule has 0 radical (unpaired) electrons. The number of carbonyl (C=O) groups is 1. The number of carbonyl (C=O) groups excluding carboxylic acids is 1. The summed E-state index contributed by atoms with van der Waals surface area (Å²) in [7, 11) is 1.66. The van der Waals surface area contributed by atoms with Gasteiger partial charge in [0.2, 0.25) is 0 Å². The largest absolute Gasteiger partial charge is 0.496 e. The third-order valence-corrected chi connectivity index (χ3v) is 6.22. The Morgan fingerprint density at radius 3 is 2.76 bits per heavy atom. The van der Waals surface area contributed by atoms with Crippen molar-refractivity contribution >= 4 is 5.91 Å². The molecule has 0 bridgehead atoms. The Morgan fingerprint density at radius 1 is 1.12 bits per heavy atom. The van der Waals surface area contributed by atoms with Crippen molar-refractivity contribution in [2.75, 3.05) is 20.2 Å². The summed E-state index contributed by atoms with van der Waals surface area (Å²) in [6.07, 6.45) is 11.0. The number of methoxy groups -OCH3 is 1. The van der Waals surface area contributed by atoms with Gasteiger partial charge in [-0.05, 0) is 31.0 Å². The van der Waals surface area contributed by atoms with Crippen LogP contribution in [0.4, 0.5) is 0 Å². The molecule has 4 heterocycles. The second-order valence-corrected chi connectivity index (χ2v) is 8.36. The van der Waals surface area contributed by atoms with Gasteiger partial charge in [-0.2, -0.15) is 0 Å². The lowest BCUT2D eigenvalue weighted by atomic mass is 9.93. The number of benzene rings is 1. The molecule has 0 aliphatic carbocycles. The van der Waals surface area contributed by atoms with Crippen molar-refractivity contribution in [1.82, 2.24) is 29.8 Å². The van der Waals surface area contributed by atoms with E-state index in [2.05, 4.69) is 19.9 Å². The number of rotatable bonds is 6. The quantitative estimate of drug-likeness (QED) is 0.475. The van der Waals surface area contributed by atoms with E-state index in [0.29, 0.717) is 30.9 Å². The van der Waals surface area contributed by atoms with Crippen LogP contribution in [0.3, 0.4) is 0 Å². The first-order valence-corrected chi connectivity index (χ1v) is 11.4. The number of H-pyrrole nitrogens is 1. The molecule has 1 fully saturated rings. The Labute approximate surface area is 198 Å². The third kappa shape index (κ3) is 4.66. The molecule has 172 valence electrons. The van der Waals surface area contributed by atoms with E-state index in [9.17, 15) is 4.79 Å². The lowest BCUT2D eigenvalue weighted by Gasteiger charge is -2.31. The van der Waals surface area contributed by atoms with Gasteiger partial charge in [0.25, 0.3) is 5.91 Å². The molecular weight excluding hydrogens is 428 g/mol. The molecule has 8 heteroatoms. The fourth-order valence-corrected chi connectivity index (χ4v) is 4.41. The smallest absolute Gasteiger partial charge is 0.253 e. The van der Waals surface area contributed by atoms with Crippen molar-refractivity contribution in [3.63, 3.8) is 0 Å². The highest BCUT2D eigenvalue weighted by atomic mass is 16.5. The van der Waals surface area contributed by atoms with E-state index in [-0.39, 0.29) is 11.8 Å². The summed E-state index contributed by atoms with van der Waals surface area (Å²) in [6, 6.07) is 11.5. The molecule has 0 unspecified atom stereocenters. The minimum absolute atomic E-state index is 0.0394. The summed E-state index contributed by atoms with van der Waals surface area (Å²) in [4.78, 5) is 36.0. The number of hydrogen-bond acceptors (Lipinski definition) is 6. The molecular formula is C26H26N6O2. The number of aromatic amines is 1. The Kier molecular flexibility index (Phi) is 6.29. The zero-order valence-electron chi connectivity index (χ0n) is 19.0. The minimum atomic E-state index is 0.0394. The number of likely N-dealkylation sites (tertiary alicyclic amines) is 1. The van der Waals surface area contributed by atoms with Crippen LogP contribution in [0.1, 0.15) is 46.1 Å². The molecule has 3 aromatic heterocycles. The number of para-hydroxylation sites is 1. The van der Waals surface area contributed by atoms with E-state index in [4.69, 9.17) is 9.72 Å². The number of ether oxygens (including phenoxy) is 1. The topological polar surface area (TPSA) is 96.9 Å². The van der Waals surface area contributed by atoms with Gasteiger partial charge < -0.3 is 14.6 Å². The van der Waals surface area contributed by atoms with Crippen LogP contribution in [-0.2, 0) is 6.42 Å². The molecule has 8 nitrogen and oxygen atoms in total. The molecule has 0 saturated carbocycles.